The van der Waals surface area contributed by atoms with E-state index in [1.165, 1.54) is 23.1 Å². The van der Waals surface area contributed by atoms with Gasteiger partial charge in [0.15, 0.2) is 10.8 Å². The summed E-state index contributed by atoms with van der Waals surface area (Å²) in [5.74, 6) is 0.332. The molecule has 0 bridgehead atoms. The van der Waals surface area contributed by atoms with Crippen LogP contribution in [-0.2, 0) is 6.54 Å². The number of thiazole rings is 1. The Morgan fingerprint density at radius 2 is 2.07 bits per heavy atom. The van der Waals surface area contributed by atoms with Crippen LogP contribution in [0.5, 0.6) is 0 Å². The van der Waals surface area contributed by atoms with Crippen molar-refractivity contribution in [2.45, 2.75) is 38.3 Å². The second kappa shape index (κ2) is 7.48. The fourth-order valence-corrected chi connectivity index (χ4v) is 5.10. The lowest BCUT2D eigenvalue weighted by molar-refractivity contribution is 0.178. The summed E-state index contributed by atoms with van der Waals surface area (Å²) in [7, 11) is 0. The lowest BCUT2D eigenvalue weighted by atomic mass is 9.85. The SMILES string of the molecule is OC[C@@H]1CCCC[C@H]1Nc1nc2ccc(Cn3cnc4cccnc43)cc2s1. The third kappa shape index (κ3) is 3.36. The van der Waals surface area contributed by atoms with E-state index in [1.807, 2.05) is 18.5 Å². The summed E-state index contributed by atoms with van der Waals surface area (Å²) in [6.07, 6.45) is 8.28. The van der Waals surface area contributed by atoms with Gasteiger partial charge in [0.1, 0.15) is 5.52 Å². The monoisotopic (exact) mass is 393 g/mol. The van der Waals surface area contributed by atoms with Crippen molar-refractivity contribution >= 4 is 37.8 Å². The molecule has 0 spiro atoms. The zero-order chi connectivity index (χ0) is 18.9. The Morgan fingerprint density at radius 1 is 1.14 bits per heavy atom. The third-order valence-electron chi connectivity index (χ3n) is 5.63. The largest absolute Gasteiger partial charge is 0.396 e. The summed E-state index contributed by atoms with van der Waals surface area (Å²) in [6, 6.07) is 10.6. The molecule has 0 radical (unpaired) electrons. The van der Waals surface area contributed by atoms with Crippen molar-refractivity contribution < 1.29 is 5.11 Å². The lowest BCUT2D eigenvalue weighted by Gasteiger charge is -2.30. The van der Waals surface area contributed by atoms with Gasteiger partial charge in [-0.3, -0.25) is 0 Å². The molecule has 144 valence electrons. The van der Waals surface area contributed by atoms with Gasteiger partial charge in [-0.05, 0) is 42.7 Å². The number of aromatic nitrogens is 4. The maximum atomic E-state index is 9.64. The van der Waals surface area contributed by atoms with Crippen molar-refractivity contribution in [1.29, 1.82) is 0 Å². The van der Waals surface area contributed by atoms with E-state index in [0.717, 1.165) is 41.2 Å². The number of benzene rings is 1. The highest BCUT2D eigenvalue weighted by Crippen LogP contribution is 2.31. The van der Waals surface area contributed by atoms with Crippen LogP contribution < -0.4 is 5.32 Å². The number of hydrogen-bond acceptors (Lipinski definition) is 6. The summed E-state index contributed by atoms with van der Waals surface area (Å²) in [4.78, 5) is 13.6. The molecule has 1 saturated carbocycles. The number of fused-ring (bicyclic) bond motifs is 2. The first-order valence-corrected chi connectivity index (χ1v) is 10.6. The zero-order valence-corrected chi connectivity index (χ0v) is 16.4. The van der Waals surface area contributed by atoms with Crippen molar-refractivity contribution in [2.75, 3.05) is 11.9 Å². The van der Waals surface area contributed by atoms with Gasteiger partial charge in [-0.1, -0.05) is 30.2 Å². The van der Waals surface area contributed by atoms with Crippen LogP contribution in [-0.4, -0.2) is 37.3 Å². The number of aliphatic hydroxyl groups excluding tert-OH is 1. The molecule has 0 unspecified atom stereocenters. The Labute approximate surface area is 167 Å². The molecule has 0 aliphatic heterocycles. The maximum absolute atomic E-state index is 9.64. The normalized spacial score (nSPS) is 20.0. The molecule has 2 atom stereocenters. The van der Waals surface area contributed by atoms with Crippen LogP contribution in [0, 0.1) is 5.92 Å². The topological polar surface area (TPSA) is 75.9 Å². The molecule has 0 saturated heterocycles. The first-order chi connectivity index (χ1) is 13.8. The maximum Gasteiger partial charge on any atom is 0.184 e. The van der Waals surface area contributed by atoms with Crippen molar-refractivity contribution in [2.24, 2.45) is 5.92 Å². The Morgan fingerprint density at radius 3 is 3.00 bits per heavy atom. The number of aliphatic hydroxyl groups is 1. The third-order valence-corrected chi connectivity index (χ3v) is 6.58. The first kappa shape index (κ1) is 17.6. The summed E-state index contributed by atoms with van der Waals surface area (Å²) < 4.78 is 3.25. The van der Waals surface area contributed by atoms with Gasteiger partial charge in [0.05, 0.1) is 23.1 Å². The molecule has 28 heavy (non-hydrogen) atoms. The number of rotatable bonds is 5. The van der Waals surface area contributed by atoms with Crippen molar-refractivity contribution in [3.05, 3.63) is 48.4 Å². The van der Waals surface area contributed by atoms with Gasteiger partial charge in [0, 0.05) is 24.8 Å². The highest BCUT2D eigenvalue weighted by atomic mass is 32.1. The number of nitrogens with one attached hydrogen (secondary N) is 1. The molecule has 7 heteroatoms. The van der Waals surface area contributed by atoms with E-state index in [1.54, 1.807) is 17.5 Å². The Kier molecular flexibility index (Phi) is 4.70. The standard InChI is InChI=1S/C21H23N5OS/c27-12-15-4-1-2-5-16(15)24-21-25-17-8-7-14(10-19(17)28-21)11-26-13-23-18-6-3-9-22-20(18)26/h3,6-10,13,15-16,27H,1-2,4-5,11-12H2,(H,24,25)/t15-,16+/m0/s1. The summed E-state index contributed by atoms with van der Waals surface area (Å²) in [5.41, 5.74) is 4.04. The molecule has 1 aliphatic carbocycles. The predicted molar refractivity (Wildman–Crippen MR) is 113 cm³/mol. The number of pyridine rings is 1. The highest BCUT2D eigenvalue weighted by Gasteiger charge is 2.25. The predicted octanol–water partition coefficient (Wildman–Crippen LogP) is 4.05. The fraction of sp³-hybridized carbons (Fsp3) is 0.381. The van der Waals surface area contributed by atoms with Crippen LogP contribution in [0.15, 0.2) is 42.9 Å². The van der Waals surface area contributed by atoms with E-state index in [4.69, 9.17) is 4.98 Å². The highest BCUT2D eigenvalue weighted by molar-refractivity contribution is 7.22. The molecule has 0 amide bonds. The van der Waals surface area contributed by atoms with Gasteiger partial charge in [-0.25, -0.2) is 15.0 Å². The Bertz CT molecular complexity index is 1100. The van der Waals surface area contributed by atoms with E-state index in [0.29, 0.717) is 12.0 Å². The van der Waals surface area contributed by atoms with Crippen LogP contribution in [0.4, 0.5) is 5.13 Å². The van der Waals surface area contributed by atoms with Gasteiger partial charge in [0.2, 0.25) is 0 Å². The molecule has 6 nitrogen and oxygen atoms in total. The van der Waals surface area contributed by atoms with Crippen molar-refractivity contribution in [3.8, 4) is 0 Å². The quantitative estimate of drug-likeness (QED) is 0.535. The molecule has 3 heterocycles. The molecule has 1 fully saturated rings. The summed E-state index contributed by atoms with van der Waals surface area (Å²) in [5, 5.41) is 14.2. The number of anilines is 1. The molecule has 4 aromatic rings. The minimum absolute atomic E-state index is 0.250. The van der Waals surface area contributed by atoms with E-state index < -0.39 is 0 Å². The van der Waals surface area contributed by atoms with E-state index in [-0.39, 0.29) is 6.61 Å². The lowest BCUT2D eigenvalue weighted by Crippen LogP contribution is -2.34. The molecule has 1 aromatic carbocycles. The van der Waals surface area contributed by atoms with E-state index in [9.17, 15) is 5.11 Å². The smallest absolute Gasteiger partial charge is 0.184 e. The van der Waals surface area contributed by atoms with Crippen LogP contribution >= 0.6 is 11.3 Å². The van der Waals surface area contributed by atoms with Gasteiger partial charge in [0.25, 0.3) is 0 Å². The van der Waals surface area contributed by atoms with Crippen LogP contribution in [0.2, 0.25) is 0 Å². The number of nitrogens with zero attached hydrogens (tertiary/aromatic N) is 4. The van der Waals surface area contributed by atoms with Gasteiger partial charge < -0.3 is 15.0 Å². The van der Waals surface area contributed by atoms with Crippen LogP contribution in [0.1, 0.15) is 31.2 Å². The molecule has 3 aromatic heterocycles. The van der Waals surface area contributed by atoms with Crippen LogP contribution in [0.3, 0.4) is 0 Å². The average Bonchev–Trinajstić information content (AvgIpc) is 3.32. The molecule has 2 N–H and O–H groups in total. The Hall–Kier alpha value is -2.51. The van der Waals surface area contributed by atoms with E-state index >= 15 is 0 Å². The average molecular weight is 394 g/mol. The molecule has 1 aliphatic rings. The minimum atomic E-state index is 0.250. The summed E-state index contributed by atoms with van der Waals surface area (Å²) in [6.45, 7) is 0.985. The minimum Gasteiger partial charge on any atom is -0.396 e. The van der Waals surface area contributed by atoms with Gasteiger partial charge in [-0.15, -0.1) is 0 Å². The summed E-state index contributed by atoms with van der Waals surface area (Å²) >= 11 is 1.69. The first-order valence-electron chi connectivity index (χ1n) is 9.83. The van der Waals surface area contributed by atoms with Crippen molar-refractivity contribution in [3.63, 3.8) is 0 Å². The Balaban J connectivity index is 1.37. The van der Waals surface area contributed by atoms with Crippen molar-refractivity contribution in [1.82, 2.24) is 19.5 Å². The second-order valence-corrected chi connectivity index (χ2v) is 8.55. The van der Waals surface area contributed by atoms with E-state index in [2.05, 4.69) is 38.1 Å². The van der Waals surface area contributed by atoms with Gasteiger partial charge in [-0.2, -0.15) is 0 Å². The second-order valence-electron chi connectivity index (χ2n) is 7.52. The van der Waals surface area contributed by atoms with Crippen LogP contribution in [0.25, 0.3) is 21.4 Å². The number of imidazole rings is 1. The number of hydrogen-bond donors (Lipinski definition) is 2. The molecular weight excluding hydrogens is 370 g/mol. The molecular formula is C21H23N5OS. The zero-order valence-electron chi connectivity index (χ0n) is 15.6. The van der Waals surface area contributed by atoms with Gasteiger partial charge >= 0.3 is 0 Å². The molecule has 5 rings (SSSR count). The fourth-order valence-electron chi connectivity index (χ4n) is 4.11.